The third-order valence-electron chi connectivity index (χ3n) is 3.07. The van der Waals surface area contributed by atoms with Gasteiger partial charge in [0.15, 0.2) is 5.78 Å². The summed E-state index contributed by atoms with van der Waals surface area (Å²) in [7, 11) is 3.11. The van der Waals surface area contributed by atoms with E-state index in [-0.39, 0.29) is 17.9 Å². The Labute approximate surface area is 92.1 Å². The molecule has 15 heavy (non-hydrogen) atoms. The summed E-state index contributed by atoms with van der Waals surface area (Å²) < 4.78 is 10.2. The fourth-order valence-corrected chi connectivity index (χ4v) is 1.53. The molecule has 3 unspecified atom stereocenters. The van der Waals surface area contributed by atoms with Crippen LogP contribution in [-0.2, 0) is 14.3 Å². The highest BCUT2D eigenvalue weighted by Crippen LogP contribution is 2.26. The van der Waals surface area contributed by atoms with Crippen molar-refractivity contribution < 1.29 is 14.3 Å². The maximum absolute atomic E-state index is 12.0. The topological polar surface area (TPSA) is 61.5 Å². The Morgan fingerprint density at radius 3 is 2.00 bits per heavy atom. The molecular weight excluding hydrogens is 194 g/mol. The molecule has 0 aliphatic rings. The molecule has 0 spiro atoms. The Kier molecular flexibility index (Phi) is 5.42. The average molecular weight is 217 g/mol. The van der Waals surface area contributed by atoms with E-state index in [1.807, 2.05) is 20.8 Å². The SMILES string of the molecule is COC(C)C(=O)C(C)(C)C(N)C(C)OC. The van der Waals surface area contributed by atoms with Gasteiger partial charge in [-0.2, -0.15) is 0 Å². The van der Waals surface area contributed by atoms with E-state index in [1.54, 1.807) is 14.0 Å². The Hall–Kier alpha value is -0.450. The van der Waals surface area contributed by atoms with Gasteiger partial charge in [0.2, 0.25) is 0 Å². The van der Waals surface area contributed by atoms with Gasteiger partial charge in [-0.25, -0.2) is 0 Å². The van der Waals surface area contributed by atoms with Crippen LogP contribution in [0.1, 0.15) is 27.7 Å². The van der Waals surface area contributed by atoms with Crippen LogP contribution in [0.25, 0.3) is 0 Å². The predicted molar refractivity (Wildman–Crippen MR) is 59.7 cm³/mol. The summed E-state index contributed by atoms with van der Waals surface area (Å²) in [5.74, 6) is 0.00130. The minimum Gasteiger partial charge on any atom is -0.380 e. The molecule has 0 bridgehead atoms. The van der Waals surface area contributed by atoms with Crippen molar-refractivity contribution in [3.05, 3.63) is 0 Å². The Balaban J connectivity index is 4.72. The number of ether oxygens (including phenoxy) is 2. The second-order valence-electron chi connectivity index (χ2n) is 4.43. The van der Waals surface area contributed by atoms with Crippen molar-refractivity contribution in [1.82, 2.24) is 0 Å². The zero-order chi connectivity index (χ0) is 12.2. The van der Waals surface area contributed by atoms with Crippen LogP contribution in [0.5, 0.6) is 0 Å². The van der Waals surface area contributed by atoms with Crippen molar-refractivity contribution in [3.8, 4) is 0 Å². The molecule has 3 atom stereocenters. The number of hydrogen-bond acceptors (Lipinski definition) is 4. The van der Waals surface area contributed by atoms with Gasteiger partial charge in [-0.1, -0.05) is 13.8 Å². The van der Waals surface area contributed by atoms with E-state index in [9.17, 15) is 4.79 Å². The summed E-state index contributed by atoms with van der Waals surface area (Å²) in [6, 6.07) is -0.340. The van der Waals surface area contributed by atoms with E-state index in [1.165, 1.54) is 7.11 Å². The highest BCUT2D eigenvalue weighted by molar-refractivity contribution is 5.88. The van der Waals surface area contributed by atoms with Crippen molar-refractivity contribution in [2.45, 2.75) is 45.9 Å². The van der Waals surface area contributed by atoms with E-state index >= 15 is 0 Å². The Bertz CT molecular complexity index is 216. The molecule has 0 saturated heterocycles. The van der Waals surface area contributed by atoms with Gasteiger partial charge in [0, 0.05) is 25.7 Å². The van der Waals surface area contributed by atoms with Gasteiger partial charge in [0.1, 0.15) is 6.10 Å². The van der Waals surface area contributed by atoms with E-state index in [0.29, 0.717) is 0 Å². The molecule has 0 aromatic rings. The normalized spacial score (nSPS) is 18.3. The van der Waals surface area contributed by atoms with Crippen molar-refractivity contribution in [1.29, 1.82) is 0 Å². The lowest BCUT2D eigenvalue weighted by atomic mass is 9.76. The minimum atomic E-state index is -0.648. The summed E-state index contributed by atoms with van der Waals surface area (Å²) in [5.41, 5.74) is 5.35. The maximum atomic E-state index is 12.0. The van der Waals surface area contributed by atoms with Crippen LogP contribution in [0.2, 0.25) is 0 Å². The molecule has 0 saturated carbocycles. The number of Topliss-reactive ketones (excluding diaryl/α,β-unsaturated/α-hetero) is 1. The first-order valence-electron chi connectivity index (χ1n) is 5.14. The number of carbonyl (C=O) groups excluding carboxylic acids is 1. The smallest absolute Gasteiger partial charge is 0.168 e. The minimum absolute atomic E-state index is 0.00130. The molecule has 0 rings (SSSR count). The molecule has 0 aliphatic carbocycles. The monoisotopic (exact) mass is 217 g/mol. The van der Waals surface area contributed by atoms with Gasteiger partial charge in [-0.3, -0.25) is 4.79 Å². The summed E-state index contributed by atoms with van der Waals surface area (Å²) in [4.78, 5) is 12.0. The predicted octanol–water partition coefficient (Wildman–Crippen LogP) is 0.979. The summed E-state index contributed by atoms with van der Waals surface area (Å²) in [6.45, 7) is 7.24. The molecule has 4 heteroatoms. The molecular formula is C11H23NO3. The Morgan fingerprint density at radius 1 is 1.20 bits per heavy atom. The number of nitrogens with two attached hydrogens (primary N) is 1. The van der Waals surface area contributed by atoms with Crippen LogP contribution in [0.15, 0.2) is 0 Å². The highest BCUT2D eigenvalue weighted by atomic mass is 16.5. The lowest BCUT2D eigenvalue weighted by Gasteiger charge is -2.34. The third kappa shape index (κ3) is 3.26. The van der Waals surface area contributed by atoms with Crippen LogP contribution in [-0.4, -0.2) is 38.3 Å². The molecule has 0 amide bonds. The van der Waals surface area contributed by atoms with Gasteiger partial charge in [-0.15, -0.1) is 0 Å². The third-order valence-corrected chi connectivity index (χ3v) is 3.07. The van der Waals surface area contributed by atoms with Crippen LogP contribution in [0, 0.1) is 5.41 Å². The van der Waals surface area contributed by atoms with Crippen LogP contribution in [0.4, 0.5) is 0 Å². The van der Waals surface area contributed by atoms with Gasteiger partial charge in [0.25, 0.3) is 0 Å². The van der Waals surface area contributed by atoms with Crippen LogP contribution < -0.4 is 5.73 Å². The first-order valence-corrected chi connectivity index (χ1v) is 5.14. The number of rotatable bonds is 6. The van der Waals surface area contributed by atoms with E-state index in [2.05, 4.69) is 0 Å². The fraction of sp³-hybridized carbons (Fsp3) is 0.909. The second-order valence-corrected chi connectivity index (χ2v) is 4.43. The Morgan fingerprint density at radius 2 is 1.67 bits per heavy atom. The first-order chi connectivity index (χ1) is 6.78. The molecule has 0 aromatic heterocycles. The van der Waals surface area contributed by atoms with Crippen molar-refractivity contribution in [2.75, 3.05) is 14.2 Å². The van der Waals surface area contributed by atoms with Crippen LogP contribution >= 0.6 is 0 Å². The van der Waals surface area contributed by atoms with Crippen molar-refractivity contribution >= 4 is 5.78 Å². The fourth-order valence-electron chi connectivity index (χ4n) is 1.53. The van der Waals surface area contributed by atoms with E-state index in [4.69, 9.17) is 15.2 Å². The molecule has 0 aliphatic heterocycles. The summed E-state index contributed by atoms with van der Waals surface area (Å²) >= 11 is 0. The van der Waals surface area contributed by atoms with Gasteiger partial charge in [-0.05, 0) is 13.8 Å². The molecule has 2 N–H and O–H groups in total. The standard InChI is InChI=1S/C11H23NO3/c1-7(14-5)9(12)11(3,4)10(13)8(2)15-6/h7-9H,12H2,1-6H3. The molecule has 0 aromatic carbocycles. The number of carbonyl (C=O) groups is 1. The number of ketones is 1. The van der Waals surface area contributed by atoms with E-state index in [0.717, 1.165) is 0 Å². The molecule has 0 fully saturated rings. The molecule has 90 valence electrons. The zero-order valence-electron chi connectivity index (χ0n) is 10.5. The largest absolute Gasteiger partial charge is 0.380 e. The van der Waals surface area contributed by atoms with Gasteiger partial charge in [0.05, 0.1) is 6.10 Å². The number of methoxy groups -OCH3 is 2. The quantitative estimate of drug-likeness (QED) is 0.720. The maximum Gasteiger partial charge on any atom is 0.168 e. The lowest BCUT2D eigenvalue weighted by Crippen LogP contribution is -2.52. The molecule has 4 nitrogen and oxygen atoms in total. The first kappa shape index (κ1) is 14.6. The lowest BCUT2D eigenvalue weighted by molar-refractivity contribution is -0.139. The van der Waals surface area contributed by atoms with E-state index < -0.39 is 11.5 Å². The van der Waals surface area contributed by atoms with Gasteiger partial charge < -0.3 is 15.2 Å². The second kappa shape index (κ2) is 5.58. The van der Waals surface area contributed by atoms with Crippen molar-refractivity contribution in [3.63, 3.8) is 0 Å². The van der Waals surface area contributed by atoms with Gasteiger partial charge >= 0.3 is 0 Å². The van der Waals surface area contributed by atoms with Crippen molar-refractivity contribution in [2.24, 2.45) is 11.1 Å². The zero-order valence-corrected chi connectivity index (χ0v) is 10.5. The molecule has 0 radical (unpaired) electrons. The summed E-state index contributed by atoms with van der Waals surface area (Å²) in [5, 5.41) is 0. The van der Waals surface area contributed by atoms with Crippen LogP contribution in [0.3, 0.4) is 0 Å². The summed E-state index contributed by atoms with van der Waals surface area (Å²) in [6.07, 6.45) is -0.594. The average Bonchev–Trinajstić information content (AvgIpc) is 2.24. The molecule has 0 heterocycles. The number of hydrogen-bond donors (Lipinski definition) is 1. The highest BCUT2D eigenvalue weighted by Gasteiger charge is 2.39.